The first-order chi connectivity index (χ1) is 4.79. The van der Waals surface area contributed by atoms with Gasteiger partial charge in [-0.25, -0.2) is 4.68 Å². The highest BCUT2D eigenvalue weighted by molar-refractivity contribution is 4.94. The Morgan fingerprint density at radius 3 is 1.80 bits per heavy atom. The van der Waals surface area contributed by atoms with Crippen molar-refractivity contribution in [2.45, 2.75) is 26.7 Å². The Morgan fingerprint density at radius 2 is 1.60 bits per heavy atom. The summed E-state index contributed by atoms with van der Waals surface area (Å²) in [4.78, 5) is 0. The molecule has 0 saturated heterocycles. The molecule has 0 atom stereocenters. The van der Waals surface area contributed by atoms with Gasteiger partial charge in [0.1, 0.15) is 0 Å². The minimum Gasteiger partial charge on any atom is -0.336 e. The fourth-order valence-corrected chi connectivity index (χ4v) is 0.843. The second-order valence-corrected chi connectivity index (χ2v) is 2.11. The highest BCUT2D eigenvalue weighted by atomic mass is 15.4. The second kappa shape index (κ2) is 2.68. The summed E-state index contributed by atoms with van der Waals surface area (Å²) in [7, 11) is 0. The van der Waals surface area contributed by atoms with Gasteiger partial charge in [-0.1, -0.05) is 13.8 Å². The zero-order chi connectivity index (χ0) is 7.56. The maximum Gasteiger partial charge on any atom is 0.151 e. The molecule has 0 fully saturated rings. The van der Waals surface area contributed by atoms with Crippen molar-refractivity contribution in [3.05, 3.63) is 11.6 Å². The lowest BCUT2D eigenvalue weighted by Gasteiger charge is -1.97. The van der Waals surface area contributed by atoms with Crippen molar-refractivity contribution < 1.29 is 0 Å². The number of nitrogens with two attached hydrogens (primary N) is 1. The van der Waals surface area contributed by atoms with E-state index < -0.39 is 0 Å². The molecule has 56 valence electrons. The molecule has 0 aliphatic heterocycles. The highest BCUT2D eigenvalue weighted by Gasteiger charge is 2.03. The smallest absolute Gasteiger partial charge is 0.151 e. The molecule has 0 spiro atoms. The van der Waals surface area contributed by atoms with Crippen LogP contribution >= 0.6 is 0 Å². The average Bonchev–Trinajstić information content (AvgIpc) is 2.30. The van der Waals surface area contributed by atoms with Crippen LogP contribution in [0.2, 0.25) is 0 Å². The normalized spacial score (nSPS) is 10.2. The van der Waals surface area contributed by atoms with Crippen LogP contribution in [0.1, 0.15) is 25.5 Å². The Bertz CT molecular complexity index is 194. The van der Waals surface area contributed by atoms with Crippen molar-refractivity contribution in [3.63, 3.8) is 0 Å². The van der Waals surface area contributed by atoms with Crippen LogP contribution in [-0.2, 0) is 12.8 Å². The molecule has 0 radical (unpaired) electrons. The summed E-state index contributed by atoms with van der Waals surface area (Å²) in [5, 5.41) is 7.79. The van der Waals surface area contributed by atoms with Gasteiger partial charge in [-0.2, -0.15) is 0 Å². The van der Waals surface area contributed by atoms with Gasteiger partial charge >= 0.3 is 0 Å². The molecule has 4 nitrogen and oxygen atoms in total. The van der Waals surface area contributed by atoms with Crippen molar-refractivity contribution in [1.29, 1.82) is 0 Å². The quantitative estimate of drug-likeness (QED) is 0.593. The molecule has 0 bridgehead atoms. The molecule has 0 unspecified atom stereocenters. The first kappa shape index (κ1) is 7.05. The Kier molecular flexibility index (Phi) is 1.89. The van der Waals surface area contributed by atoms with E-state index in [0.717, 1.165) is 24.5 Å². The summed E-state index contributed by atoms with van der Waals surface area (Å²) in [6, 6.07) is 0. The van der Waals surface area contributed by atoms with Gasteiger partial charge in [0.2, 0.25) is 0 Å². The predicted molar refractivity (Wildman–Crippen MR) is 38.9 cm³/mol. The molecule has 4 heteroatoms. The lowest BCUT2D eigenvalue weighted by molar-refractivity contribution is 0.809. The topological polar surface area (TPSA) is 56.7 Å². The molecule has 0 aliphatic rings. The molecule has 0 amide bonds. The van der Waals surface area contributed by atoms with Crippen LogP contribution in [0, 0.1) is 0 Å². The number of aromatic nitrogens is 3. The third-order valence-corrected chi connectivity index (χ3v) is 1.47. The fourth-order valence-electron chi connectivity index (χ4n) is 0.843. The first-order valence-electron chi connectivity index (χ1n) is 3.47. The molecule has 0 saturated carbocycles. The van der Waals surface area contributed by atoms with Gasteiger partial charge in [0.25, 0.3) is 0 Å². The van der Waals surface area contributed by atoms with Crippen molar-refractivity contribution in [1.82, 2.24) is 14.9 Å². The third kappa shape index (κ3) is 0.964. The van der Waals surface area contributed by atoms with Gasteiger partial charge in [0.15, 0.2) is 11.6 Å². The van der Waals surface area contributed by atoms with Gasteiger partial charge < -0.3 is 5.84 Å². The third-order valence-electron chi connectivity index (χ3n) is 1.47. The molecule has 1 aromatic rings. The van der Waals surface area contributed by atoms with E-state index in [4.69, 9.17) is 5.84 Å². The predicted octanol–water partition coefficient (Wildman–Crippen LogP) is 0.117. The van der Waals surface area contributed by atoms with E-state index in [-0.39, 0.29) is 0 Å². The van der Waals surface area contributed by atoms with E-state index in [1.165, 1.54) is 0 Å². The number of hydrogen-bond acceptors (Lipinski definition) is 3. The van der Waals surface area contributed by atoms with Crippen LogP contribution in [0.15, 0.2) is 0 Å². The molecule has 1 rings (SSSR count). The number of rotatable bonds is 2. The summed E-state index contributed by atoms with van der Waals surface area (Å²) in [6.45, 7) is 4.01. The molecule has 2 N–H and O–H groups in total. The van der Waals surface area contributed by atoms with Crippen LogP contribution < -0.4 is 5.84 Å². The van der Waals surface area contributed by atoms with Gasteiger partial charge in [-0.3, -0.25) is 0 Å². The van der Waals surface area contributed by atoms with Gasteiger partial charge in [0.05, 0.1) is 0 Å². The molecule has 1 aromatic heterocycles. The highest BCUT2D eigenvalue weighted by Crippen LogP contribution is 1.97. The van der Waals surface area contributed by atoms with Crippen LogP contribution in [-0.4, -0.2) is 14.9 Å². The molecule has 0 aliphatic carbocycles. The summed E-state index contributed by atoms with van der Waals surface area (Å²) in [5.41, 5.74) is 0. The monoisotopic (exact) mass is 140 g/mol. The zero-order valence-corrected chi connectivity index (χ0v) is 6.33. The Hall–Kier alpha value is -1.06. The summed E-state index contributed by atoms with van der Waals surface area (Å²) in [6.07, 6.45) is 1.67. The maximum absolute atomic E-state index is 5.62. The van der Waals surface area contributed by atoms with Crippen molar-refractivity contribution in [3.8, 4) is 0 Å². The maximum atomic E-state index is 5.62. The fraction of sp³-hybridized carbons (Fsp3) is 0.667. The van der Waals surface area contributed by atoms with Crippen LogP contribution in [0.25, 0.3) is 0 Å². The minimum absolute atomic E-state index is 0.837. The molecular weight excluding hydrogens is 128 g/mol. The Balaban J connectivity index is 2.97. The van der Waals surface area contributed by atoms with E-state index >= 15 is 0 Å². The number of hydrogen-bond donors (Lipinski definition) is 1. The van der Waals surface area contributed by atoms with E-state index in [0.29, 0.717) is 0 Å². The SMILES string of the molecule is CCc1nnc(CC)n1N. The van der Waals surface area contributed by atoms with Crippen molar-refractivity contribution in [2.75, 3.05) is 5.84 Å². The van der Waals surface area contributed by atoms with Gasteiger partial charge in [0, 0.05) is 12.8 Å². The van der Waals surface area contributed by atoms with Crippen LogP contribution in [0.4, 0.5) is 0 Å². The molecule has 1 heterocycles. The number of aryl methyl sites for hydroxylation is 2. The van der Waals surface area contributed by atoms with Crippen molar-refractivity contribution in [2.24, 2.45) is 0 Å². The van der Waals surface area contributed by atoms with E-state index in [9.17, 15) is 0 Å². The van der Waals surface area contributed by atoms with Crippen LogP contribution in [0.5, 0.6) is 0 Å². The number of nitrogen functional groups attached to an aromatic ring is 1. The summed E-state index contributed by atoms with van der Waals surface area (Å²) >= 11 is 0. The number of nitrogens with zero attached hydrogens (tertiary/aromatic N) is 3. The minimum atomic E-state index is 0.837. The largest absolute Gasteiger partial charge is 0.336 e. The summed E-state index contributed by atoms with van der Waals surface area (Å²) < 4.78 is 1.56. The summed E-state index contributed by atoms with van der Waals surface area (Å²) in [5.74, 6) is 7.30. The molecular formula is C6H12N4. The second-order valence-electron chi connectivity index (χ2n) is 2.11. The first-order valence-corrected chi connectivity index (χ1v) is 3.47. The van der Waals surface area contributed by atoms with Crippen molar-refractivity contribution >= 4 is 0 Å². The average molecular weight is 140 g/mol. The van der Waals surface area contributed by atoms with E-state index in [1.54, 1.807) is 4.68 Å². The van der Waals surface area contributed by atoms with Gasteiger partial charge in [-0.15, -0.1) is 10.2 Å². The lowest BCUT2D eigenvalue weighted by Crippen LogP contribution is -2.15. The lowest BCUT2D eigenvalue weighted by atomic mass is 10.4. The zero-order valence-electron chi connectivity index (χ0n) is 6.33. The Labute approximate surface area is 60.0 Å². The van der Waals surface area contributed by atoms with Gasteiger partial charge in [-0.05, 0) is 0 Å². The van der Waals surface area contributed by atoms with E-state index in [1.807, 2.05) is 13.8 Å². The molecule has 0 aromatic carbocycles. The standard InChI is InChI=1S/C6H12N4/c1-3-5-8-9-6(4-2)10(5)7/h3-4,7H2,1-2H3. The Morgan fingerprint density at radius 1 is 1.20 bits per heavy atom. The molecule has 10 heavy (non-hydrogen) atoms. The van der Waals surface area contributed by atoms with Crippen LogP contribution in [0.3, 0.4) is 0 Å². The van der Waals surface area contributed by atoms with E-state index in [2.05, 4.69) is 10.2 Å².